The fourth-order valence-electron chi connectivity index (χ4n) is 3.48. The van der Waals surface area contributed by atoms with Crippen LogP contribution in [0.3, 0.4) is 0 Å². The van der Waals surface area contributed by atoms with E-state index in [2.05, 4.69) is 20.4 Å². The number of carbonyl (C=O) groups excluding carboxylic acids is 1. The molecule has 0 aliphatic heterocycles. The van der Waals surface area contributed by atoms with Crippen LogP contribution in [0.15, 0.2) is 83.6 Å². The fraction of sp³-hybridized carbons (Fsp3) is 0.200. The molecule has 0 bridgehead atoms. The van der Waals surface area contributed by atoms with E-state index in [0.29, 0.717) is 18.3 Å². The molecule has 0 unspecified atom stereocenters. The monoisotopic (exact) mass is 427 g/mol. The van der Waals surface area contributed by atoms with Gasteiger partial charge in [-0.15, -0.1) is 0 Å². The fourth-order valence-corrected chi connectivity index (χ4v) is 3.48. The minimum atomic E-state index is -0.344. The van der Waals surface area contributed by atoms with E-state index < -0.39 is 0 Å². The summed E-state index contributed by atoms with van der Waals surface area (Å²) >= 11 is 0. The molecule has 1 atom stereocenters. The third-order valence-corrected chi connectivity index (χ3v) is 5.31. The van der Waals surface area contributed by atoms with E-state index in [-0.39, 0.29) is 11.9 Å². The molecule has 4 aromatic rings. The molecule has 0 aliphatic carbocycles. The Balaban J connectivity index is 1.47. The Morgan fingerprint density at radius 1 is 1.03 bits per heavy atom. The normalized spacial score (nSPS) is 12.0. The molecule has 32 heavy (non-hydrogen) atoms. The summed E-state index contributed by atoms with van der Waals surface area (Å²) < 4.78 is 5.45. The van der Waals surface area contributed by atoms with Gasteiger partial charge in [0, 0.05) is 30.1 Å². The average molecular weight is 428 g/mol. The van der Waals surface area contributed by atoms with Gasteiger partial charge in [-0.05, 0) is 49.0 Å². The van der Waals surface area contributed by atoms with E-state index in [1.807, 2.05) is 85.6 Å². The molecular weight excluding hydrogens is 402 g/mol. The van der Waals surface area contributed by atoms with E-state index in [1.54, 1.807) is 12.4 Å². The number of aromatic nitrogens is 3. The Bertz CT molecular complexity index is 1160. The van der Waals surface area contributed by atoms with Crippen molar-refractivity contribution in [1.82, 2.24) is 25.3 Å². The van der Waals surface area contributed by atoms with Gasteiger partial charge in [0.2, 0.25) is 11.7 Å². The lowest BCUT2D eigenvalue weighted by Gasteiger charge is -2.26. The molecule has 4 rings (SSSR count). The van der Waals surface area contributed by atoms with E-state index in [9.17, 15) is 4.79 Å². The van der Waals surface area contributed by atoms with Crippen LogP contribution in [0.5, 0.6) is 0 Å². The van der Waals surface area contributed by atoms with Crippen molar-refractivity contribution >= 4 is 5.91 Å². The standard InChI is InChI=1S/C25H25N5O2/c1-3-30(2)22(19-9-5-4-6-10-19)24(31)27-17-18-8-7-11-21(16-18)25-28-23(29-32-25)20-12-14-26-15-13-20/h4-16,22H,3,17H2,1-2H3,(H,27,31)/t22-/m1/s1. The van der Waals surface area contributed by atoms with Gasteiger partial charge in [-0.1, -0.05) is 54.5 Å². The summed E-state index contributed by atoms with van der Waals surface area (Å²) in [7, 11) is 1.95. The van der Waals surface area contributed by atoms with Gasteiger partial charge >= 0.3 is 0 Å². The summed E-state index contributed by atoms with van der Waals surface area (Å²) in [6.45, 7) is 3.20. The lowest BCUT2D eigenvalue weighted by Crippen LogP contribution is -2.38. The lowest BCUT2D eigenvalue weighted by molar-refractivity contribution is -0.126. The minimum absolute atomic E-state index is 0.0382. The number of likely N-dealkylation sites (N-methyl/N-ethyl adjacent to an activating group) is 1. The second kappa shape index (κ2) is 9.98. The molecule has 1 amide bonds. The molecule has 2 aromatic carbocycles. The Morgan fingerprint density at radius 3 is 2.56 bits per heavy atom. The molecule has 7 heteroatoms. The molecule has 0 fully saturated rings. The van der Waals surface area contributed by atoms with Crippen LogP contribution in [0.4, 0.5) is 0 Å². The van der Waals surface area contributed by atoms with Crippen LogP contribution < -0.4 is 5.32 Å². The van der Waals surface area contributed by atoms with Gasteiger partial charge in [0.15, 0.2) is 0 Å². The highest BCUT2D eigenvalue weighted by Gasteiger charge is 2.23. The van der Waals surface area contributed by atoms with Gasteiger partial charge in [0.05, 0.1) is 0 Å². The average Bonchev–Trinajstić information content (AvgIpc) is 3.35. The van der Waals surface area contributed by atoms with Crippen molar-refractivity contribution in [1.29, 1.82) is 0 Å². The number of hydrogen-bond donors (Lipinski definition) is 1. The molecule has 7 nitrogen and oxygen atoms in total. The third kappa shape index (κ3) is 4.90. The number of benzene rings is 2. The van der Waals surface area contributed by atoms with Crippen LogP contribution >= 0.6 is 0 Å². The summed E-state index contributed by atoms with van der Waals surface area (Å²) in [6.07, 6.45) is 3.38. The maximum atomic E-state index is 13.0. The van der Waals surface area contributed by atoms with Crippen molar-refractivity contribution < 1.29 is 9.32 Å². The summed E-state index contributed by atoms with van der Waals surface area (Å²) in [5.74, 6) is 0.899. The third-order valence-electron chi connectivity index (χ3n) is 5.31. The molecule has 0 spiro atoms. The van der Waals surface area contributed by atoms with Crippen molar-refractivity contribution in [2.45, 2.75) is 19.5 Å². The molecule has 0 saturated carbocycles. The van der Waals surface area contributed by atoms with Crippen molar-refractivity contribution in [2.75, 3.05) is 13.6 Å². The number of nitrogens with one attached hydrogen (secondary N) is 1. The van der Waals surface area contributed by atoms with Gasteiger partial charge in [-0.3, -0.25) is 14.7 Å². The first-order chi connectivity index (χ1) is 15.7. The molecular formula is C25H25N5O2. The second-order valence-corrected chi connectivity index (χ2v) is 7.46. The number of pyridine rings is 1. The van der Waals surface area contributed by atoms with Gasteiger partial charge in [-0.2, -0.15) is 4.98 Å². The van der Waals surface area contributed by atoms with Crippen molar-refractivity contribution in [3.8, 4) is 22.8 Å². The molecule has 2 heterocycles. The lowest BCUT2D eigenvalue weighted by atomic mass is 10.0. The van der Waals surface area contributed by atoms with Crippen LogP contribution in [0.25, 0.3) is 22.8 Å². The number of carbonyl (C=O) groups is 1. The SMILES string of the molecule is CCN(C)[C@@H](C(=O)NCc1cccc(-c2nc(-c3ccncc3)no2)c1)c1ccccc1. The predicted octanol–water partition coefficient (Wildman–Crippen LogP) is 4.11. The maximum Gasteiger partial charge on any atom is 0.258 e. The van der Waals surface area contributed by atoms with Crippen molar-refractivity contribution in [2.24, 2.45) is 0 Å². The highest BCUT2D eigenvalue weighted by molar-refractivity contribution is 5.83. The van der Waals surface area contributed by atoms with Crippen molar-refractivity contribution in [3.63, 3.8) is 0 Å². The summed E-state index contributed by atoms with van der Waals surface area (Å²) in [5.41, 5.74) is 3.56. The zero-order valence-corrected chi connectivity index (χ0v) is 18.1. The first kappa shape index (κ1) is 21.4. The second-order valence-electron chi connectivity index (χ2n) is 7.46. The summed E-state index contributed by atoms with van der Waals surface area (Å²) in [5, 5.41) is 7.13. The van der Waals surface area contributed by atoms with Crippen LogP contribution in [0.2, 0.25) is 0 Å². The Kier molecular flexibility index (Phi) is 6.67. The highest BCUT2D eigenvalue weighted by Crippen LogP contribution is 2.23. The van der Waals surface area contributed by atoms with E-state index in [0.717, 1.165) is 28.8 Å². The van der Waals surface area contributed by atoms with Gasteiger partial charge < -0.3 is 9.84 Å². The smallest absolute Gasteiger partial charge is 0.258 e. The Hall–Kier alpha value is -3.84. The number of hydrogen-bond acceptors (Lipinski definition) is 6. The van der Waals surface area contributed by atoms with Crippen molar-refractivity contribution in [3.05, 3.63) is 90.3 Å². The van der Waals surface area contributed by atoms with Crippen LogP contribution in [0.1, 0.15) is 24.1 Å². The molecule has 0 radical (unpaired) electrons. The van der Waals surface area contributed by atoms with Gasteiger partial charge in [-0.25, -0.2) is 0 Å². The molecule has 0 aliphatic rings. The summed E-state index contributed by atoms with van der Waals surface area (Å²) in [6, 6.07) is 20.9. The maximum absolute atomic E-state index is 13.0. The van der Waals surface area contributed by atoms with Crippen LogP contribution in [-0.2, 0) is 11.3 Å². The number of amides is 1. The largest absolute Gasteiger partial charge is 0.350 e. The topological polar surface area (TPSA) is 84.2 Å². The minimum Gasteiger partial charge on any atom is -0.350 e. The van der Waals surface area contributed by atoms with E-state index >= 15 is 0 Å². The van der Waals surface area contributed by atoms with Crippen LogP contribution in [-0.4, -0.2) is 39.5 Å². The van der Waals surface area contributed by atoms with E-state index in [4.69, 9.17) is 4.52 Å². The number of nitrogens with zero attached hydrogens (tertiary/aromatic N) is 4. The predicted molar refractivity (Wildman–Crippen MR) is 122 cm³/mol. The summed E-state index contributed by atoms with van der Waals surface area (Å²) in [4.78, 5) is 23.6. The first-order valence-electron chi connectivity index (χ1n) is 10.5. The Morgan fingerprint density at radius 2 is 1.81 bits per heavy atom. The zero-order chi connectivity index (χ0) is 22.3. The van der Waals surface area contributed by atoms with Gasteiger partial charge in [0.1, 0.15) is 6.04 Å². The molecule has 1 N–H and O–H groups in total. The number of rotatable bonds is 8. The van der Waals surface area contributed by atoms with E-state index in [1.165, 1.54) is 0 Å². The quantitative estimate of drug-likeness (QED) is 0.456. The molecule has 162 valence electrons. The highest BCUT2D eigenvalue weighted by atomic mass is 16.5. The first-order valence-corrected chi connectivity index (χ1v) is 10.5. The molecule has 2 aromatic heterocycles. The Labute approximate surface area is 187 Å². The van der Waals surface area contributed by atoms with Gasteiger partial charge in [0.25, 0.3) is 5.89 Å². The zero-order valence-electron chi connectivity index (χ0n) is 18.1. The molecule has 0 saturated heterocycles. The van der Waals surface area contributed by atoms with Crippen LogP contribution in [0, 0.1) is 0 Å².